The Kier molecular flexibility index (Phi) is 6.18. The highest BCUT2D eigenvalue weighted by molar-refractivity contribution is 6.21. The van der Waals surface area contributed by atoms with Gasteiger partial charge in [-0.15, -0.1) is 0 Å². The predicted molar refractivity (Wildman–Crippen MR) is 225 cm³/mol. The van der Waals surface area contributed by atoms with Crippen LogP contribution in [0.2, 0.25) is 0 Å². The monoisotopic (exact) mass is 692 g/mol. The second-order valence-electron chi connectivity index (χ2n) is 15.2. The van der Waals surface area contributed by atoms with Gasteiger partial charge in [-0.25, -0.2) is 4.99 Å². The van der Waals surface area contributed by atoms with E-state index in [1.165, 1.54) is 77.5 Å². The van der Waals surface area contributed by atoms with Crippen molar-refractivity contribution < 1.29 is 0 Å². The zero-order valence-electron chi connectivity index (χ0n) is 29.9. The molecule has 256 valence electrons. The lowest BCUT2D eigenvalue weighted by Crippen LogP contribution is -2.39. The molecular weight excluding hydrogens is 657 g/mol. The average molecular weight is 693 g/mol. The number of benzene rings is 6. The molecule has 8 aromatic rings. The first-order chi connectivity index (χ1) is 26.7. The van der Waals surface area contributed by atoms with E-state index in [9.17, 15) is 0 Å². The van der Waals surface area contributed by atoms with Crippen LogP contribution in [-0.4, -0.2) is 21.0 Å². The maximum atomic E-state index is 5.24. The van der Waals surface area contributed by atoms with Gasteiger partial charge in [-0.3, -0.25) is 0 Å². The van der Waals surface area contributed by atoms with Gasteiger partial charge in [0.15, 0.2) is 0 Å². The van der Waals surface area contributed by atoms with Crippen LogP contribution in [0, 0.1) is 5.92 Å². The number of aromatic nitrogens is 2. The summed E-state index contributed by atoms with van der Waals surface area (Å²) in [6.45, 7) is 2.32. The summed E-state index contributed by atoms with van der Waals surface area (Å²) in [5.74, 6) is 1.56. The molecule has 4 heterocycles. The van der Waals surface area contributed by atoms with Crippen LogP contribution in [0.1, 0.15) is 30.2 Å². The molecule has 0 radical (unpaired) electrons. The zero-order valence-corrected chi connectivity index (χ0v) is 29.9. The Labute approximate surface area is 313 Å². The van der Waals surface area contributed by atoms with Crippen molar-refractivity contribution in [2.75, 3.05) is 4.90 Å². The molecule has 54 heavy (non-hydrogen) atoms. The molecule has 4 aliphatic rings. The van der Waals surface area contributed by atoms with Crippen molar-refractivity contribution in [1.29, 1.82) is 0 Å². The summed E-state index contributed by atoms with van der Waals surface area (Å²) in [5, 5.41) is 3.87. The second kappa shape index (κ2) is 11.2. The standard InChI is InChI=1S/C50H36N4/c1-31-22-25-47-42(26-31)39-15-6-10-20-46(39)53(47)35-28-33(27-34(30-35)52-44-18-8-4-13-37(44)38-14-5-9-19-45(38)52)32-23-24-40-36-12-2-3-16-41(36)50-51-43-17-7-11-21-48(43)54(50)49(40)29-32/h2-20,22-25,27-31,48H,21,26H2,1H3. The fourth-order valence-corrected chi connectivity index (χ4v) is 9.66. The van der Waals surface area contributed by atoms with Crippen LogP contribution in [0.3, 0.4) is 0 Å². The van der Waals surface area contributed by atoms with Crippen LogP contribution < -0.4 is 4.90 Å². The van der Waals surface area contributed by atoms with Crippen LogP contribution in [0.4, 0.5) is 5.69 Å². The van der Waals surface area contributed by atoms with Gasteiger partial charge in [0.05, 0.1) is 34.0 Å². The molecule has 4 nitrogen and oxygen atoms in total. The van der Waals surface area contributed by atoms with Gasteiger partial charge >= 0.3 is 0 Å². The van der Waals surface area contributed by atoms with Crippen LogP contribution in [0.5, 0.6) is 0 Å². The minimum absolute atomic E-state index is 0.193. The fourth-order valence-electron chi connectivity index (χ4n) is 9.66. The van der Waals surface area contributed by atoms with E-state index in [1.807, 2.05) is 0 Å². The van der Waals surface area contributed by atoms with E-state index in [4.69, 9.17) is 4.99 Å². The molecule has 12 rings (SSSR count). The molecular formula is C50H36N4. The van der Waals surface area contributed by atoms with Crippen LogP contribution in [0.15, 0.2) is 168 Å². The van der Waals surface area contributed by atoms with Gasteiger partial charge in [-0.05, 0) is 95.6 Å². The van der Waals surface area contributed by atoms with Crippen LogP contribution >= 0.6 is 0 Å². The number of nitrogens with zero attached hydrogens (tertiary/aromatic N) is 4. The number of para-hydroxylation sites is 3. The SMILES string of the molecule is CC1C=Cc2c(c3ccccc3n2-c2cc(-c3ccc4c(c3)N3C(=NC5=CC=CCC53)c3ccccc3-4)cc(-n3c4ccccc4c4ccccc43)c2)C1. The molecule has 4 heteroatoms. The topological polar surface area (TPSA) is 25.5 Å². The van der Waals surface area contributed by atoms with E-state index in [2.05, 4.69) is 185 Å². The first-order valence-electron chi connectivity index (χ1n) is 19.1. The number of amidine groups is 1. The third kappa shape index (κ3) is 4.16. The van der Waals surface area contributed by atoms with Gasteiger partial charge in [-0.2, -0.15) is 0 Å². The smallest absolute Gasteiger partial charge is 0.141 e. The van der Waals surface area contributed by atoms with Crippen molar-refractivity contribution >= 4 is 50.3 Å². The minimum atomic E-state index is 0.193. The van der Waals surface area contributed by atoms with Crippen molar-refractivity contribution in [1.82, 2.24) is 9.13 Å². The molecule has 2 atom stereocenters. The van der Waals surface area contributed by atoms with E-state index in [0.717, 1.165) is 35.7 Å². The zero-order chi connectivity index (χ0) is 35.5. The molecule has 0 saturated heterocycles. The number of rotatable bonds is 3. The molecule has 0 saturated carbocycles. The number of hydrogen-bond acceptors (Lipinski definition) is 2. The molecule has 0 fully saturated rings. The van der Waals surface area contributed by atoms with Crippen molar-refractivity contribution in [2.24, 2.45) is 10.9 Å². The average Bonchev–Trinajstić information content (AvgIpc) is 3.89. The molecule has 0 spiro atoms. The van der Waals surface area contributed by atoms with E-state index in [1.54, 1.807) is 0 Å². The quantitative estimate of drug-likeness (QED) is 0.181. The van der Waals surface area contributed by atoms with Crippen molar-refractivity contribution in [2.45, 2.75) is 25.8 Å². The molecule has 6 aromatic carbocycles. The van der Waals surface area contributed by atoms with Crippen molar-refractivity contribution in [3.8, 4) is 33.6 Å². The first kappa shape index (κ1) is 29.9. The van der Waals surface area contributed by atoms with Crippen LogP contribution in [-0.2, 0) is 6.42 Å². The molecule has 2 aliphatic carbocycles. The Morgan fingerprint density at radius 3 is 2.06 bits per heavy atom. The van der Waals surface area contributed by atoms with Gasteiger partial charge in [0.25, 0.3) is 0 Å². The lowest BCUT2D eigenvalue weighted by molar-refractivity contribution is 0.718. The number of anilines is 1. The van der Waals surface area contributed by atoms with Gasteiger partial charge in [0.2, 0.25) is 0 Å². The Morgan fingerprint density at radius 1 is 0.611 bits per heavy atom. The summed E-state index contributed by atoms with van der Waals surface area (Å²) < 4.78 is 4.96. The summed E-state index contributed by atoms with van der Waals surface area (Å²) in [7, 11) is 0. The molecule has 0 amide bonds. The largest absolute Gasteiger partial charge is 0.316 e. The summed E-state index contributed by atoms with van der Waals surface area (Å²) in [4.78, 5) is 7.74. The second-order valence-corrected chi connectivity index (χ2v) is 15.2. The van der Waals surface area contributed by atoms with E-state index < -0.39 is 0 Å². The van der Waals surface area contributed by atoms with E-state index >= 15 is 0 Å². The van der Waals surface area contributed by atoms with Gasteiger partial charge in [0.1, 0.15) is 5.84 Å². The highest BCUT2D eigenvalue weighted by Gasteiger charge is 2.39. The minimum Gasteiger partial charge on any atom is -0.316 e. The lowest BCUT2D eigenvalue weighted by atomic mass is 9.89. The molecule has 0 N–H and O–H groups in total. The van der Waals surface area contributed by atoms with Gasteiger partial charge in [-0.1, -0.05) is 116 Å². The predicted octanol–water partition coefficient (Wildman–Crippen LogP) is 12.1. The molecule has 2 aliphatic heterocycles. The van der Waals surface area contributed by atoms with Crippen molar-refractivity contribution in [3.63, 3.8) is 0 Å². The maximum absolute atomic E-state index is 5.24. The van der Waals surface area contributed by atoms with E-state index in [0.29, 0.717) is 5.92 Å². The lowest BCUT2D eigenvalue weighted by Gasteiger charge is -2.35. The maximum Gasteiger partial charge on any atom is 0.141 e. The number of fused-ring (bicyclic) bond motifs is 14. The first-order valence-corrected chi connectivity index (χ1v) is 19.1. The highest BCUT2D eigenvalue weighted by Crippen LogP contribution is 2.47. The van der Waals surface area contributed by atoms with Gasteiger partial charge < -0.3 is 14.0 Å². The summed E-state index contributed by atoms with van der Waals surface area (Å²) in [5.41, 5.74) is 17.1. The van der Waals surface area contributed by atoms with Gasteiger partial charge in [0, 0.05) is 44.4 Å². The van der Waals surface area contributed by atoms with Crippen molar-refractivity contribution in [3.05, 3.63) is 180 Å². The number of aliphatic imine (C=N–C) groups is 1. The number of hydrogen-bond donors (Lipinski definition) is 0. The normalized spacial score (nSPS) is 18.0. The van der Waals surface area contributed by atoms with Crippen LogP contribution in [0.25, 0.3) is 72.4 Å². The number of allylic oxidation sites excluding steroid dienone is 3. The molecule has 0 bridgehead atoms. The fraction of sp³-hybridized carbons (Fsp3) is 0.100. The Balaban J connectivity index is 1.14. The third-order valence-electron chi connectivity index (χ3n) is 12.1. The summed E-state index contributed by atoms with van der Waals surface area (Å²) in [6, 6.07) is 49.8. The third-order valence-corrected chi connectivity index (χ3v) is 12.1. The summed E-state index contributed by atoms with van der Waals surface area (Å²) in [6.07, 6.45) is 13.3. The highest BCUT2D eigenvalue weighted by atomic mass is 15.3. The van der Waals surface area contributed by atoms with E-state index in [-0.39, 0.29) is 6.04 Å². The summed E-state index contributed by atoms with van der Waals surface area (Å²) >= 11 is 0. The molecule has 2 unspecified atom stereocenters. The Hall–Kier alpha value is -6.65. The Bertz CT molecular complexity index is 2980. The Morgan fingerprint density at radius 2 is 1.28 bits per heavy atom. The molecule has 2 aromatic heterocycles.